The lowest BCUT2D eigenvalue weighted by atomic mass is 10.0. The number of aryl methyl sites for hydroxylation is 3. The molecular formula is C18H23ClN4O3. The van der Waals surface area contributed by atoms with Gasteiger partial charge in [-0.25, -0.2) is 4.98 Å². The topological polar surface area (TPSA) is 107 Å². The molecule has 1 amide bonds. The van der Waals surface area contributed by atoms with Gasteiger partial charge in [-0.3, -0.25) is 4.79 Å². The average molecular weight is 379 g/mol. The van der Waals surface area contributed by atoms with E-state index in [1.165, 1.54) is 0 Å². The largest absolute Gasteiger partial charge is 0.466 e. The summed E-state index contributed by atoms with van der Waals surface area (Å²) in [6, 6.07) is 3.63. The van der Waals surface area contributed by atoms with E-state index in [1.807, 2.05) is 33.8 Å². The van der Waals surface area contributed by atoms with Gasteiger partial charge in [0.2, 0.25) is 0 Å². The highest BCUT2D eigenvalue weighted by Crippen LogP contribution is 2.30. The second-order valence-electron chi connectivity index (χ2n) is 7.00. The second kappa shape index (κ2) is 7.09. The van der Waals surface area contributed by atoms with E-state index in [-0.39, 0.29) is 18.3 Å². The highest BCUT2D eigenvalue weighted by atomic mass is 35.5. The van der Waals surface area contributed by atoms with Crippen molar-refractivity contribution in [3.63, 3.8) is 0 Å². The van der Waals surface area contributed by atoms with Crippen LogP contribution in [0.4, 0.5) is 0 Å². The minimum Gasteiger partial charge on any atom is -0.466 e. The van der Waals surface area contributed by atoms with Crippen LogP contribution in [0.25, 0.3) is 22.4 Å². The molecule has 26 heavy (non-hydrogen) atoms. The Bertz CT molecular complexity index is 953. The van der Waals surface area contributed by atoms with Crippen molar-refractivity contribution in [2.45, 2.75) is 40.2 Å². The number of furan rings is 1. The Morgan fingerprint density at radius 3 is 2.54 bits per heavy atom. The van der Waals surface area contributed by atoms with Crippen LogP contribution in [-0.2, 0) is 0 Å². The predicted octanol–water partition coefficient (Wildman–Crippen LogP) is 3.30. The Morgan fingerprint density at radius 1 is 1.27 bits per heavy atom. The number of aromatic nitrogens is 2. The highest BCUT2D eigenvalue weighted by Gasteiger charge is 2.22. The number of nitrogens with zero attached hydrogens (tertiary/aromatic N) is 2. The lowest BCUT2D eigenvalue weighted by molar-refractivity contribution is 0.0947. The molecule has 0 saturated heterocycles. The maximum absolute atomic E-state index is 12.7. The summed E-state index contributed by atoms with van der Waals surface area (Å²) in [5.74, 6) is 1.27. The molecule has 3 heterocycles. The van der Waals surface area contributed by atoms with Crippen LogP contribution in [0.2, 0.25) is 0 Å². The van der Waals surface area contributed by atoms with E-state index >= 15 is 0 Å². The molecule has 3 N–H and O–H groups in total. The molecule has 0 aliphatic rings. The molecule has 7 nitrogen and oxygen atoms in total. The maximum Gasteiger partial charge on any atom is 0.259 e. The summed E-state index contributed by atoms with van der Waals surface area (Å²) in [5, 5.41) is 7.41. The number of fused-ring (bicyclic) bond motifs is 1. The van der Waals surface area contributed by atoms with Crippen LogP contribution in [0, 0.1) is 20.8 Å². The summed E-state index contributed by atoms with van der Waals surface area (Å²) >= 11 is 0. The monoisotopic (exact) mass is 378 g/mol. The highest BCUT2D eigenvalue weighted by molar-refractivity contribution is 6.07. The molecule has 0 saturated carbocycles. The number of amides is 1. The van der Waals surface area contributed by atoms with Crippen LogP contribution in [0.5, 0.6) is 0 Å². The number of hydrogen-bond acceptors (Lipinski definition) is 6. The first-order valence-electron chi connectivity index (χ1n) is 8.07. The third kappa shape index (κ3) is 3.89. The number of carbonyl (C=O) groups is 1. The summed E-state index contributed by atoms with van der Waals surface area (Å²) in [4.78, 5) is 17.2. The van der Waals surface area contributed by atoms with E-state index in [0.29, 0.717) is 34.6 Å². The van der Waals surface area contributed by atoms with Crippen molar-refractivity contribution in [2.24, 2.45) is 5.73 Å². The van der Waals surface area contributed by atoms with Crippen LogP contribution >= 0.6 is 12.4 Å². The number of hydrogen-bond donors (Lipinski definition) is 2. The van der Waals surface area contributed by atoms with Gasteiger partial charge < -0.3 is 20.0 Å². The van der Waals surface area contributed by atoms with Crippen LogP contribution in [0.1, 0.15) is 41.4 Å². The number of nitrogens with one attached hydrogen (secondary N) is 1. The molecule has 0 aromatic carbocycles. The Hall–Kier alpha value is -2.38. The fourth-order valence-electron chi connectivity index (χ4n) is 2.70. The molecule has 3 aromatic rings. The van der Waals surface area contributed by atoms with Gasteiger partial charge >= 0.3 is 0 Å². The first-order chi connectivity index (χ1) is 11.7. The van der Waals surface area contributed by atoms with Gasteiger partial charge in [0.25, 0.3) is 11.6 Å². The maximum atomic E-state index is 12.7. The first-order valence-corrected chi connectivity index (χ1v) is 8.07. The average Bonchev–Trinajstić information content (AvgIpc) is 3.05. The quantitative estimate of drug-likeness (QED) is 0.721. The van der Waals surface area contributed by atoms with Crippen molar-refractivity contribution < 1.29 is 13.7 Å². The zero-order valence-corrected chi connectivity index (χ0v) is 16.3. The van der Waals surface area contributed by atoms with Crippen LogP contribution in [0.15, 0.2) is 21.1 Å². The number of carbonyl (C=O) groups excluding carboxylic acids is 1. The summed E-state index contributed by atoms with van der Waals surface area (Å²) in [7, 11) is 0. The first kappa shape index (κ1) is 19.9. The molecule has 3 aromatic heterocycles. The van der Waals surface area contributed by atoms with E-state index in [0.717, 1.165) is 17.1 Å². The minimum atomic E-state index is -0.507. The molecule has 0 atom stereocenters. The van der Waals surface area contributed by atoms with Crippen molar-refractivity contribution in [2.75, 3.05) is 6.54 Å². The van der Waals surface area contributed by atoms with Crippen molar-refractivity contribution in [1.82, 2.24) is 15.5 Å². The molecular weight excluding hydrogens is 356 g/mol. The molecule has 0 radical (unpaired) electrons. The van der Waals surface area contributed by atoms with Crippen LogP contribution in [-0.4, -0.2) is 28.1 Å². The number of pyridine rings is 1. The van der Waals surface area contributed by atoms with Crippen molar-refractivity contribution >= 4 is 29.4 Å². The van der Waals surface area contributed by atoms with Gasteiger partial charge in [-0.15, -0.1) is 12.4 Å². The SMILES string of the molecule is Cc1cc(-c2cc(C(=O)NCC(C)(C)N)c3c(C)noc3n2)c(C)o1.Cl. The Kier molecular flexibility index (Phi) is 5.44. The number of rotatable bonds is 4. The number of halogens is 1. The van der Waals surface area contributed by atoms with E-state index < -0.39 is 5.54 Å². The third-order valence-electron chi connectivity index (χ3n) is 3.88. The van der Waals surface area contributed by atoms with Gasteiger partial charge in [0.05, 0.1) is 22.3 Å². The van der Waals surface area contributed by atoms with Crippen LogP contribution < -0.4 is 11.1 Å². The molecule has 8 heteroatoms. The smallest absolute Gasteiger partial charge is 0.259 e. The van der Waals surface area contributed by atoms with Gasteiger partial charge in [-0.05, 0) is 46.8 Å². The minimum absolute atomic E-state index is 0. The van der Waals surface area contributed by atoms with Gasteiger partial charge in [0.1, 0.15) is 11.5 Å². The molecule has 0 bridgehead atoms. The van der Waals surface area contributed by atoms with E-state index in [2.05, 4.69) is 15.5 Å². The molecule has 0 aliphatic carbocycles. The van der Waals surface area contributed by atoms with Gasteiger partial charge in [0.15, 0.2) is 0 Å². The van der Waals surface area contributed by atoms with E-state index in [4.69, 9.17) is 14.7 Å². The lowest BCUT2D eigenvalue weighted by Crippen LogP contribution is -2.45. The summed E-state index contributed by atoms with van der Waals surface area (Å²) in [5.41, 5.74) is 8.28. The lowest BCUT2D eigenvalue weighted by Gasteiger charge is -2.19. The Labute approximate surface area is 157 Å². The normalized spacial score (nSPS) is 11.5. The number of nitrogens with two attached hydrogens (primary N) is 1. The Balaban J connectivity index is 0.00000243. The van der Waals surface area contributed by atoms with E-state index in [1.54, 1.807) is 13.0 Å². The standard InChI is InChI=1S/C18H22N4O3.ClH/c1-9-6-12(11(3)24-9)14-7-13(16(23)20-8-18(4,5)19)15-10(2)22-25-17(15)21-14;/h6-7H,8,19H2,1-5H3,(H,20,23);1H. The molecule has 0 aliphatic heterocycles. The summed E-state index contributed by atoms with van der Waals surface area (Å²) < 4.78 is 10.9. The second-order valence-corrected chi connectivity index (χ2v) is 7.00. The van der Waals surface area contributed by atoms with E-state index in [9.17, 15) is 4.79 Å². The van der Waals surface area contributed by atoms with Crippen molar-refractivity contribution in [3.8, 4) is 11.3 Å². The summed E-state index contributed by atoms with van der Waals surface area (Å²) in [6.07, 6.45) is 0. The van der Waals surface area contributed by atoms with Gasteiger partial charge in [0, 0.05) is 17.6 Å². The molecule has 140 valence electrons. The van der Waals surface area contributed by atoms with Gasteiger partial charge in [-0.1, -0.05) is 5.16 Å². The molecule has 3 rings (SSSR count). The molecule has 0 spiro atoms. The fraction of sp³-hybridized carbons (Fsp3) is 0.389. The zero-order valence-electron chi connectivity index (χ0n) is 15.5. The predicted molar refractivity (Wildman–Crippen MR) is 102 cm³/mol. The molecule has 0 fully saturated rings. The fourth-order valence-corrected chi connectivity index (χ4v) is 2.70. The third-order valence-corrected chi connectivity index (χ3v) is 3.88. The summed E-state index contributed by atoms with van der Waals surface area (Å²) in [6.45, 7) is 9.55. The van der Waals surface area contributed by atoms with Gasteiger partial charge in [-0.2, -0.15) is 0 Å². The molecule has 0 unspecified atom stereocenters. The van der Waals surface area contributed by atoms with Crippen LogP contribution in [0.3, 0.4) is 0 Å². The zero-order chi connectivity index (χ0) is 18.4. The Morgan fingerprint density at radius 2 is 1.96 bits per heavy atom. The van der Waals surface area contributed by atoms with Crippen molar-refractivity contribution in [1.29, 1.82) is 0 Å². The van der Waals surface area contributed by atoms with Crippen molar-refractivity contribution in [3.05, 3.63) is 34.9 Å².